The number of halogens is 2. The summed E-state index contributed by atoms with van der Waals surface area (Å²) in [6.07, 6.45) is -1.71. The Balaban J connectivity index is 1.72. The smallest absolute Gasteiger partial charge is 0.259 e. The SMILES string of the molecule is O=C1NC(=O)c2c1c1c3cc(F)ccc3[nH]c1c1c2c2cc(F)ccc2n1C1CC(O)CC(CO)O1. The van der Waals surface area contributed by atoms with Gasteiger partial charge in [0.1, 0.15) is 17.9 Å². The number of fused-ring (bicyclic) bond motifs is 10. The first-order valence-corrected chi connectivity index (χ1v) is 11.6. The van der Waals surface area contributed by atoms with Crippen LogP contribution in [-0.2, 0) is 4.74 Å². The Morgan fingerprint density at radius 1 is 0.972 bits per heavy atom. The first kappa shape index (κ1) is 21.4. The molecule has 0 spiro atoms. The molecular formula is C26H19F2N3O5. The molecule has 10 heteroatoms. The van der Waals surface area contributed by atoms with E-state index in [4.69, 9.17) is 4.74 Å². The molecule has 7 rings (SSSR count). The number of nitrogens with zero attached hydrogens (tertiary/aromatic N) is 1. The molecule has 2 aromatic heterocycles. The fourth-order valence-corrected chi connectivity index (χ4v) is 5.87. The van der Waals surface area contributed by atoms with Crippen LogP contribution >= 0.6 is 0 Å². The third-order valence-electron chi connectivity index (χ3n) is 7.24. The number of benzene rings is 3. The number of imide groups is 1. The zero-order chi connectivity index (χ0) is 24.9. The molecule has 3 aromatic carbocycles. The average molecular weight is 491 g/mol. The molecule has 1 fully saturated rings. The topological polar surface area (TPSA) is 117 Å². The van der Waals surface area contributed by atoms with Gasteiger partial charge in [0.05, 0.1) is 46.5 Å². The Hall–Kier alpha value is -3.86. The van der Waals surface area contributed by atoms with Crippen molar-refractivity contribution in [3.63, 3.8) is 0 Å². The lowest BCUT2D eigenvalue weighted by Crippen LogP contribution is -2.35. The minimum absolute atomic E-state index is 0.0806. The lowest BCUT2D eigenvalue weighted by atomic mass is 9.96. The number of aromatic amines is 1. The van der Waals surface area contributed by atoms with Crippen molar-refractivity contribution in [2.24, 2.45) is 0 Å². The molecule has 8 nitrogen and oxygen atoms in total. The second kappa shape index (κ2) is 7.33. The number of hydrogen-bond donors (Lipinski definition) is 4. The molecule has 5 aromatic rings. The Bertz CT molecular complexity index is 1790. The van der Waals surface area contributed by atoms with Crippen LogP contribution in [0.1, 0.15) is 39.8 Å². The number of hydrogen-bond acceptors (Lipinski definition) is 5. The highest BCUT2D eigenvalue weighted by Gasteiger charge is 2.38. The Morgan fingerprint density at radius 3 is 2.42 bits per heavy atom. The number of rotatable bonds is 2. The van der Waals surface area contributed by atoms with Gasteiger partial charge in [-0.05, 0) is 36.4 Å². The van der Waals surface area contributed by atoms with Gasteiger partial charge in [0, 0.05) is 39.9 Å². The van der Waals surface area contributed by atoms with Gasteiger partial charge in [-0.3, -0.25) is 14.9 Å². The molecule has 0 bridgehead atoms. The number of aliphatic hydroxyl groups excluding tert-OH is 2. The number of amides is 2. The third kappa shape index (κ3) is 2.77. The summed E-state index contributed by atoms with van der Waals surface area (Å²) in [5.41, 5.74) is 2.16. The van der Waals surface area contributed by atoms with Gasteiger partial charge in [0.2, 0.25) is 0 Å². The third-order valence-corrected chi connectivity index (χ3v) is 7.24. The number of carbonyl (C=O) groups is 2. The Kier molecular flexibility index (Phi) is 4.36. The van der Waals surface area contributed by atoms with Gasteiger partial charge in [-0.15, -0.1) is 0 Å². The lowest BCUT2D eigenvalue weighted by Gasteiger charge is -2.34. The lowest BCUT2D eigenvalue weighted by molar-refractivity contribution is -0.138. The van der Waals surface area contributed by atoms with E-state index in [1.165, 1.54) is 24.3 Å². The van der Waals surface area contributed by atoms with Crippen LogP contribution in [-0.4, -0.2) is 50.4 Å². The van der Waals surface area contributed by atoms with Crippen molar-refractivity contribution in [3.8, 4) is 0 Å². The molecule has 0 radical (unpaired) electrons. The summed E-state index contributed by atoms with van der Waals surface area (Å²) >= 11 is 0. The summed E-state index contributed by atoms with van der Waals surface area (Å²) in [6, 6.07) is 8.26. The van der Waals surface area contributed by atoms with E-state index in [0.29, 0.717) is 43.6 Å². The van der Waals surface area contributed by atoms with E-state index >= 15 is 0 Å². The number of carbonyl (C=O) groups excluding carboxylic acids is 2. The minimum atomic E-state index is -0.763. The molecule has 3 unspecified atom stereocenters. The van der Waals surface area contributed by atoms with E-state index in [1.807, 2.05) is 0 Å². The van der Waals surface area contributed by atoms with Gasteiger partial charge >= 0.3 is 0 Å². The Labute approximate surface area is 201 Å². The zero-order valence-electron chi connectivity index (χ0n) is 18.6. The summed E-state index contributed by atoms with van der Waals surface area (Å²) < 4.78 is 36.7. The summed E-state index contributed by atoms with van der Waals surface area (Å²) in [5.74, 6) is -2.28. The maximum atomic E-state index is 14.5. The van der Waals surface area contributed by atoms with Crippen molar-refractivity contribution >= 4 is 55.4 Å². The van der Waals surface area contributed by atoms with Crippen LogP contribution in [0.2, 0.25) is 0 Å². The molecule has 2 amide bonds. The molecule has 0 saturated carbocycles. The van der Waals surface area contributed by atoms with Crippen LogP contribution < -0.4 is 5.32 Å². The van der Waals surface area contributed by atoms with E-state index in [-0.39, 0.29) is 30.6 Å². The normalized spacial score (nSPS) is 22.3. The van der Waals surface area contributed by atoms with Crippen molar-refractivity contribution < 1.29 is 33.3 Å². The minimum Gasteiger partial charge on any atom is -0.394 e. The van der Waals surface area contributed by atoms with Crippen LogP contribution in [0.15, 0.2) is 36.4 Å². The maximum absolute atomic E-state index is 14.5. The molecular weight excluding hydrogens is 472 g/mol. The van der Waals surface area contributed by atoms with Gasteiger partial charge in [0.15, 0.2) is 0 Å². The van der Waals surface area contributed by atoms with E-state index in [1.54, 1.807) is 16.7 Å². The van der Waals surface area contributed by atoms with Crippen molar-refractivity contribution in [1.82, 2.24) is 14.9 Å². The van der Waals surface area contributed by atoms with Gasteiger partial charge < -0.3 is 24.5 Å². The summed E-state index contributed by atoms with van der Waals surface area (Å²) in [6.45, 7) is -0.299. The average Bonchev–Trinajstić information content (AvgIpc) is 3.47. The van der Waals surface area contributed by atoms with Crippen molar-refractivity contribution in [2.75, 3.05) is 6.61 Å². The van der Waals surface area contributed by atoms with Crippen LogP contribution in [0.5, 0.6) is 0 Å². The standard InChI is InChI=1S/C26H19F2N3O5/c27-10-1-3-16-14(5-10)19-21-22(26(35)30-25(21)34)20-15-6-11(28)2-4-17(15)31(24(20)23(19)29-16)18-8-12(33)7-13(9-32)36-18/h1-6,12-13,18,29,32-33H,7-9H2,(H,30,34,35). The summed E-state index contributed by atoms with van der Waals surface area (Å²) in [4.78, 5) is 29.4. The molecule has 4 heterocycles. The number of nitrogens with one attached hydrogen (secondary N) is 2. The first-order chi connectivity index (χ1) is 17.4. The second-order valence-corrected chi connectivity index (χ2v) is 9.37. The highest BCUT2D eigenvalue weighted by atomic mass is 19.1. The van der Waals surface area contributed by atoms with Crippen molar-refractivity contribution in [2.45, 2.75) is 31.3 Å². The molecule has 1 saturated heterocycles. The monoisotopic (exact) mass is 491 g/mol. The van der Waals surface area contributed by atoms with E-state index in [2.05, 4.69) is 10.3 Å². The van der Waals surface area contributed by atoms with Crippen LogP contribution in [0, 0.1) is 11.6 Å². The molecule has 2 aliphatic heterocycles. The number of ether oxygens (including phenoxy) is 1. The Morgan fingerprint density at radius 2 is 1.67 bits per heavy atom. The summed E-state index contributed by atoms with van der Waals surface area (Å²) in [5, 5.41) is 24.2. The summed E-state index contributed by atoms with van der Waals surface area (Å²) in [7, 11) is 0. The number of aromatic nitrogens is 2. The number of H-pyrrole nitrogens is 1. The fourth-order valence-electron chi connectivity index (χ4n) is 5.87. The predicted molar refractivity (Wildman–Crippen MR) is 127 cm³/mol. The largest absolute Gasteiger partial charge is 0.394 e. The number of aliphatic hydroxyl groups is 2. The van der Waals surface area contributed by atoms with E-state index in [0.717, 1.165) is 0 Å². The maximum Gasteiger partial charge on any atom is 0.259 e. The van der Waals surface area contributed by atoms with Crippen molar-refractivity contribution in [1.29, 1.82) is 0 Å². The molecule has 4 N–H and O–H groups in total. The second-order valence-electron chi connectivity index (χ2n) is 9.37. The van der Waals surface area contributed by atoms with Gasteiger partial charge in [-0.1, -0.05) is 0 Å². The fraction of sp³-hybridized carbons (Fsp3) is 0.231. The van der Waals surface area contributed by atoms with E-state index < -0.39 is 41.9 Å². The van der Waals surface area contributed by atoms with Crippen LogP contribution in [0.4, 0.5) is 8.78 Å². The molecule has 182 valence electrons. The highest BCUT2D eigenvalue weighted by molar-refractivity contribution is 6.39. The van der Waals surface area contributed by atoms with E-state index in [9.17, 15) is 28.6 Å². The molecule has 0 aliphatic carbocycles. The molecule has 3 atom stereocenters. The van der Waals surface area contributed by atoms with Crippen LogP contribution in [0.25, 0.3) is 43.6 Å². The van der Waals surface area contributed by atoms with Gasteiger partial charge in [0.25, 0.3) is 11.8 Å². The van der Waals surface area contributed by atoms with Gasteiger partial charge in [-0.2, -0.15) is 0 Å². The quantitative estimate of drug-likeness (QED) is 0.282. The molecule has 2 aliphatic rings. The van der Waals surface area contributed by atoms with Gasteiger partial charge in [-0.25, -0.2) is 8.78 Å². The molecule has 36 heavy (non-hydrogen) atoms. The van der Waals surface area contributed by atoms with Crippen LogP contribution in [0.3, 0.4) is 0 Å². The highest BCUT2D eigenvalue weighted by Crippen LogP contribution is 2.46. The predicted octanol–water partition coefficient (Wildman–Crippen LogP) is 3.62. The first-order valence-electron chi connectivity index (χ1n) is 11.6. The van der Waals surface area contributed by atoms with Crippen molar-refractivity contribution in [3.05, 3.63) is 59.2 Å². The zero-order valence-corrected chi connectivity index (χ0v) is 18.6.